The van der Waals surface area contributed by atoms with E-state index in [1.54, 1.807) is 0 Å². The van der Waals surface area contributed by atoms with Gasteiger partial charge in [-0.3, -0.25) is 0 Å². The van der Waals surface area contributed by atoms with Crippen molar-refractivity contribution in [2.24, 2.45) is 0 Å². The SMILES string of the molecule is CC(C)Oc1nsnc1N1CCN(c2ccccc2)CC1. The minimum atomic E-state index is 0.123. The standard InChI is InChI=1S/C15H20N4OS/c1-12(2)20-15-14(16-21-17-15)19-10-8-18(9-11-19)13-6-4-3-5-7-13/h3-7,12H,8-11H2,1-2H3. The van der Waals surface area contributed by atoms with Crippen LogP contribution in [0.3, 0.4) is 0 Å². The van der Waals surface area contributed by atoms with E-state index in [-0.39, 0.29) is 6.10 Å². The summed E-state index contributed by atoms with van der Waals surface area (Å²) >= 11 is 1.22. The molecule has 2 aromatic rings. The van der Waals surface area contributed by atoms with Crippen molar-refractivity contribution in [1.82, 2.24) is 8.75 Å². The zero-order valence-electron chi connectivity index (χ0n) is 12.4. The van der Waals surface area contributed by atoms with Crippen LogP contribution in [-0.4, -0.2) is 41.0 Å². The van der Waals surface area contributed by atoms with Crippen LogP contribution in [0.2, 0.25) is 0 Å². The fourth-order valence-corrected chi connectivity index (χ4v) is 2.99. The Kier molecular flexibility index (Phi) is 4.24. The normalized spacial score (nSPS) is 15.6. The van der Waals surface area contributed by atoms with Gasteiger partial charge >= 0.3 is 0 Å². The quantitative estimate of drug-likeness (QED) is 0.868. The topological polar surface area (TPSA) is 41.5 Å². The molecule has 112 valence electrons. The van der Waals surface area contributed by atoms with Crippen molar-refractivity contribution in [3.8, 4) is 5.88 Å². The maximum atomic E-state index is 5.73. The Bertz CT molecular complexity index is 564. The third-order valence-electron chi connectivity index (χ3n) is 3.49. The highest BCUT2D eigenvalue weighted by atomic mass is 32.1. The molecule has 0 spiro atoms. The number of benzene rings is 1. The summed E-state index contributed by atoms with van der Waals surface area (Å²) in [6.07, 6.45) is 0.123. The summed E-state index contributed by atoms with van der Waals surface area (Å²) in [4.78, 5) is 4.67. The Hall–Kier alpha value is -1.82. The molecule has 6 heteroatoms. The Morgan fingerprint density at radius 1 is 1.00 bits per heavy atom. The van der Waals surface area contributed by atoms with E-state index in [4.69, 9.17) is 4.74 Å². The Morgan fingerprint density at radius 2 is 1.67 bits per heavy atom. The number of anilines is 2. The monoisotopic (exact) mass is 304 g/mol. The first-order valence-corrected chi connectivity index (χ1v) is 8.01. The maximum absolute atomic E-state index is 5.73. The molecule has 1 aliphatic rings. The van der Waals surface area contributed by atoms with E-state index in [1.807, 2.05) is 13.8 Å². The summed E-state index contributed by atoms with van der Waals surface area (Å²) in [5.41, 5.74) is 1.28. The highest BCUT2D eigenvalue weighted by Crippen LogP contribution is 2.28. The third-order valence-corrected chi connectivity index (χ3v) is 3.99. The molecule has 2 heterocycles. The van der Waals surface area contributed by atoms with Crippen LogP contribution in [0.5, 0.6) is 5.88 Å². The molecule has 1 fully saturated rings. The molecule has 0 unspecified atom stereocenters. The predicted octanol–water partition coefficient (Wildman–Crippen LogP) is 2.65. The van der Waals surface area contributed by atoms with Gasteiger partial charge in [0.05, 0.1) is 17.8 Å². The van der Waals surface area contributed by atoms with Gasteiger partial charge in [0.25, 0.3) is 5.88 Å². The number of piperazine rings is 1. The fraction of sp³-hybridized carbons (Fsp3) is 0.467. The largest absolute Gasteiger partial charge is 0.472 e. The smallest absolute Gasteiger partial charge is 0.271 e. The zero-order chi connectivity index (χ0) is 14.7. The van der Waals surface area contributed by atoms with Crippen molar-refractivity contribution in [1.29, 1.82) is 0 Å². The van der Waals surface area contributed by atoms with Crippen LogP contribution in [0.4, 0.5) is 11.5 Å². The average Bonchev–Trinajstić information content (AvgIpc) is 2.96. The van der Waals surface area contributed by atoms with Crippen LogP contribution < -0.4 is 14.5 Å². The van der Waals surface area contributed by atoms with Crippen LogP contribution in [-0.2, 0) is 0 Å². The number of nitrogens with zero attached hydrogens (tertiary/aromatic N) is 4. The Morgan fingerprint density at radius 3 is 2.33 bits per heavy atom. The summed E-state index contributed by atoms with van der Waals surface area (Å²) in [5.74, 6) is 1.56. The second kappa shape index (κ2) is 6.30. The van der Waals surface area contributed by atoms with E-state index in [0.29, 0.717) is 5.88 Å². The van der Waals surface area contributed by atoms with Crippen molar-refractivity contribution < 1.29 is 4.74 Å². The molecule has 0 bridgehead atoms. The average molecular weight is 304 g/mol. The van der Waals surface area contributed by atoms with Crippen molar-refractivity contribution in [3.63, 3.8) is 0 Å². The van der Waals surface area contributed by atoms with Gasteiger partial charge in [-0.1, -0.05) is 18.2 Å². The first-order valence-electron chi connectivity index (χ1n) is 7.28. The van der Waals surface area contributed by atoms with Crippen molar-refractivity contribution in [2.45, 2.75) is 20.0 Å². The number of rotatable bonds is 4. The minimum Gasteiger partial charge on any atom is -0.472 e. The van der Waals surface area contributed by atoms with Gasteiger partial charge in [-0.05, 0) is 26.0 Å². The maximum Gasteiger partial charge on any atom is 0.271 e. The van der Waals surface area contributed by atoms with Crippen LogP contribution >= 0.6 is 11.7 Å². The molecule has 0 aliphatic carbocycles. The lowest BCUT2D eigenvalue weighted by atomic mass is 10.2. The zero-order valence-corrected chi connectivity index (χ0v) is 13.2. The van der Waals surface area contributed by atoms with Gasteiger partial charge in [0.1, 0.15) is 0 Å². The van der Waals surface area contributed by atoms with E-state index < -0.39 is 0 Å². The van der Waals surface area contributed by atoms with Gasteiger partial charge in [0, 0.05) is 31.9 Å². The first kappa shape index (κ1) is 14.1. The van der Waals surface area contributed by atoms with Crippen LogP contribution in [0.15, 0.2) is 30.3 Å². The van der Waals surface area contributed by atoms with Gasteiger partial charge < -0.3 is 14.5 Å². The Labute approximate surface area is 129 Å². The molecule has 1 saturated heterocycles. The molecule has 0 amide bonds. The number of ether oxygens (including phenoxy) is 1. The molecule has 0 atom stereocenters. The van der Waals surface area contributed by atoms with Gasteiger partial charge in [0.2, 0.25) is 5.82 Å². The molecule has 0 saturated carbocycles. The molecule has 21 heavy (non-hydrogen) atoms. The van der Waals surface area contributed by atoms with Crippen molar-refractivity contribution in [3.05, 3.63) is 30.3 Å². The number of hydrogen-bond acceptors (Lipinski definition) is 6. The molecule has 1 aromatic carbocycles. The predicted molar refractivity (Wildman–Crippen MR) is 86.5 cm³/mol. The van der Waals surface area contributed by atoms with Crippen LogP contribution in [0, 0.1) is 0 Å². The summed E-state index contributed by atoms with van der Waals surface area (Å²) < 4.78 is 14.4. The van der Waals surface area contributed by atoms with E-state index in [9.17, 15) is 0 Å². The summed E-state index contributed by atoms with van der Waals surface area (Å²) in [5, 5.41) is 0. The molecule has 1 aromatic heterocycles. The van der Waals surface area contributed by atoms with E-state index >= 15 is 0 Å². The minimum absolute atomic E-state index is 0.123. The molecular weight excluding hydrogens is 284 g/mol. The number of aromatic nitrogens is 2. The number of para-hydroxylation sites is 1. The fourth-order valence-electron chi connectivity index (χ4n) is 2.48. The molecule has 0 N–H and O–H groups in total. The number of hydrogen-bond donors (Lipinski definition) is 0. The second-order valence-corrected chi connectivity index (χ2v) is 5.90. The third kappa shape index (κ3) is 3.26. The van der Waals surface area contributed by atoms with Crippen molar-refractivity contribution >= 4 is 23.2 Å². The van der Waals surface area contributed by atoms with Crippen LogP contribution in [0.1, 0.15) is 13.8 Å². The van der Waals surface area contributed by atoms with Gasteiger partial charge in [0.15, 0.2) is 0 Å². The van der Waals surface area contributed by atoms with Gasteiger partial charge in [-0.25, -0.2) is 0 Å². The van der Waals surface area contributed by atoms with E-state index in [1.165, 1.54) is 17.4 Å². The lowest BCUT2D eigenvalue weighted by Gasteiger charge is -2.36. The lowest BCUT2D eigenvalue weighted by Crippen LogP contribution is -2.46. The summed E-state index contributed by atoms with van der Waals surface area (Å²) in [7, 11) is 0. The van der Waals surface area contributed by atoms with Crippen LogP contribution in [0.25, 0.3) is 0 Å². The molecule has 0 radical (unpaired) electrons. The summed E-state index contributed by atoms with van der Waals surface area (Å²) in [6, 6.07) is 10.5. The first-order chi connectivity index (χ1) is 10.2. The van der Waals surface area contributed by atoms with Gasteiger partial charge in [-0.15, -0.1) is 4.37 Å². The molecule has 1 aliphatic heterocycles. The summed E-state index contributed by atoms with van der Waals surface area (Å²) in [6.45, 7) is 7.88. The second-order valence-electron chi connectivity index (χ2n) is 5.37. The lowest BCUT2D eigenvalue weighted by molar-refractivity contribution is 0.235. The molecular formula is C15H20N4OS. The van der Waals surface area contributed by atoms with E-state index in [0.717, 1.165) is 32.0 Å². The van der Waals surface area contributed by atoms with Gasteiger partial charge in [-0.2, -0.15) is 4.37 Å². The highest BCUT2D eigenvalue weighted by Gasteiger charge is 2.23. The molecule has 3 rings (SSSR count). The highest BCUT2D eigenvalue weighted by molar-refractivity contribution is 6.99. The van der Waals surface area contributed by atoms with Crippen molar-refractivity contribution in [2.75, 3.05) is 36.0 Å². The molecule has 5 nitrogen and oxygen atoms in total. The van der Waals surface area contributed by atoms with E-state index in [2.05, 4.69) is 48.9 Å². The Balaban J connectivity index is 1.65.